The number of rotatable bonds is 5. The van der Waals surface area contributed by atoms with Crippen LogP contribution in [-0.4, -0.2) is 6.26 Å². The van der Waals surface area contributed by atoms with Crippen molar-refractivity contribution in [3.63, 3.8) is 0 Å². The van der Waals surface area contributed by atoms with Crippen molar-refractivity contribution in [3.05, 3.63) is 54.0 Å². The average molecular weight is 233 g/mol. The minimum atomic E-state index is 0.776. The predicted octanol–water partition coefficient (Wildman–Crippen LogP) is 3.29. The van der Waals surface area contributed by atoms with Crippen molar-refractivity contribution < 1.29 is 4.42 Å². The summed E-state index contributed by atoms with van der Waals surface area (Å²) >= 11 is 1.71. The second kappa shape index (κ2) is 5.77. The third-order valence-electron chi connectivity index (χ3n) is 2.38. The molecule has 2 nitrogen and oxygen atoms in total. The Morgan fingerprint density at radius 1 is 1.12 bits per heavy atom. The van der Waals surface area contributed by atoms with Crippen molar-refractivity contribution in [2.45, 2.75) is 18.0 Å². The van der Waals surface area contributed by atoms with E-state index >= 15 is 0 Å². The minimum Gasteiger partial charge on any atom is -0.467 e. The molecule has 16 heavy (non-hydrogen) atoms. The molecule has 0 amide bonds. The van der Waals surface area contributed by atoms with Gasteiger partial charge in [-0.25, -0.2) is 0 Å². The Kier molecular flexibility index (Phi) is 4.08. The highest BCUT2D eigenvalue weighted by molar-refractivity contribution is 7.98. The van der Waals surface area contributed by atoms with Crippen LogP contribution in [0.1, 0.15) is 11.3 Å². The quantitative estimate of drug-likeness (QED) is 0.802. The fourth-order valence-electron chi connectivity index (χ4n) is 1.56. The molecule has 0 atom stereocenters. The zero-order chi connectivity index (χ0) is 11.2. The van der Waals surface area contributed by atoms with Gasteiger partial charge in [0.2, 0.25) is 0 Å². The molecule has 0 aliphatic carbocycles. The number of hydrogen-bond acceptors (Lipinski definition) is 3. The normalized spacial score (nSPS) is 10.6. The third-order valence-corrected chi connectivity index (χ3v) is 3.19. The molecule has 0 saturated carbocycles. The van der Waals surface area contributed by atoms with Crippen LogP contribution in [0, 0.1) is 0 Å². The van der Waals surface area contributed by atoms with Crippen LogP contribution in [0.25, 0.3) is 0 Å². The molecule has 0 bridgehead atoms. The summed E-state index contributed by atoms with van der Waals surface area (Å²) in [5.41, 5.74) is 1.29. The second-order valence-corrected chi connectivity index (χ2v) is 4.35. The van der Waals surface area contributed by atoms with Crippen molar-refractivity contribution in [2.24, 2.45) is 0 Å². The first-order chi connectivity index (χ1) is 7.90. The Hall–Kier alpha value is -1.19. The zero-order valence-electron chi connectivity index (χ0n) is 9.27. The van der Waals surface area contributed by atoms with Gasteiger partial charge in [-0.1, -0.05) is 30.3 Å². The lowest BCUT2D eigenvalue weighted by Crippen LogP contribution is -2.12. The molecule has 1 aromatic carbocycles. The van der Waals surface area contributed by atoms with Gasteiger partial charge in [-0.15, -0.1) is 11.8 Å². The predicted molar refractivity (Wildman–Crippen MR) is 67.5 cm³/mol. The maximum absolute atomic E-state index is 5.41. The van der Waals surface area contributed by atoms with E-state index in [0.717, 1.165) is 18.8 Å². The first-order valence-corrected chi connectivity index (χ1v) is 6.47. The van der Waals surface area contributed by atoms with Crippen LogP contribution < -0.4 is 5.32 Å². The van der Waals surface area contributed by atoms with E-state index in [-0.39, 0.29) is 0 Å². The number of thioether (sulfide) groups is 1. The lowest BCUT2D eigenvalue weighted by molar-refractivity contribution is 0.474. The number of hydrogen-bond donors (Lipinski definition) is 1. The standard InChI is InChI=1S/C13H15NOS/c1-16-13-7-8-15-12(13)10-14-9-11-5-3-2-4-6-11/h2-8,14H,9-10H2,1H3. The van der Waals surface area contributed by atoms with E-state index < -0.39 is 0 Å². The molecule has 0 fully saturated rings. The van der Waals surface area contributed by atoms with Gasteiger partial charge in [0.1, 0.15) is 5.76 Å². The van der Waals surface area contributed by atoms with Crippen LogP contribution in [0.15, 0.2) is 52.0 Å². The lowest BCUT2D eigenvalue weighted by Gasteiger charge is -2.04. The molecule has 1 aromatic heterocycles. The highest BCUT2D eigenvalue weighted by Gasteiger charge is 2.03. The van der Waals surface area contributed by atoms with E-state index in [1.807, 2.05) is 12.1 Å². The van der Waals surface area contributed by atoms with E-state index in [0.29, 0.717) is 0 Å². The van der Waals surface area contributed by atoms with Gasteiger partial charge in [0.15, 0.2) is 0 Å². The first kappa shape index (κ1) is 11.3. The minimum absolute atomic E-state index is 0.776. The van der Waals surface area contributed by atoms with Crippen molar-refractivity contribution in [1.82, 2.24) is 5.32 Å². The van der Waals surface area contributed by atoms with Gasteiger partial charge in [0.05, 0.1) is 12.8 Å². The van der Waals surface area contributed by atoms with E-state index in [1.54, 1.807) is 18.0 Å². The third kappa shape index (κ3) is 2.90. The summed E-state index contributed by atoms with van der Waals surface area (Å²) in [6, 6.07) is 12.4. The van der Waals surface area contributed by atoms with E-state index in [9.17, 15) is 0 Å². The van der Waals surface area contributed by atoms with Crippen molar-refractivity contribution in [2.75, 3.05) is 6.26 Å². The van der Waals surface area contributed by atoms with Gasteiger partial charge in [-0.2, -0.15) is 0 Å². The molecule has 0 spiro atoms. The molecule has 1 N–H and O–H groups in total. The topological polar surface area (TPSA) is 25.2 Å². The first-order valence-electron chi connectivity index (χ1n) is 5.25. The largest absolute Gasteiger partial charge is 0.467 e. The molecule has 2 aromatic rings. The Labute approximate surface area is 100 Å². The molecule has 84 valence electrons. The molecular formula is C13H15NOS. The summed E-state index contributed by atoms with van der Waals surface area (Å²) in [6.07, 6.45) is 3.80. The zero-order valence-corrected chi connectivity index (χ0v) is 10.1. The average Bonchev–Trinajstić information content (AvgIpc) is 2.78. The Morgan fingerprint density at radius 3 is 2.69 bits per heavy atom. The summed E-state index contributed by atoms with van der Waals surface area (Å²) in [5.74, 6) is 1.02. The summed E-state index contributed by atoms with van der Waals surface area (Å²) in [5, 5.41) is 3.37. The smallest absolute Gasteiger partial charge is 0.131 e. The van der Waals surface area contributed by atoms with E-state index in [1.165, 1.54) is 10.5 Å². The van der Waals surface area contributed by atoms with Gasteiger partial charge in [-0.05, 0) is 17.9 Å². The molecule has 2 rings (SSSR count). The van der Waals surface area contributed by atoms with Crippen molar-refractivity contribution in [1.29, 1.82) is 0 Å². The SMILES string of the molecule is CSc1ccoc1CNCc1ccccc1. The van der Waals surface area contributed by atoms with Gasteiger partial charge in [0, 0.05) is 11.4 Å². The Bertz CT molecular complexity index is 425. The van der Waals surface area contributed by atoms with Crippen molar-refractivity contribution >= 4 is 11.8 Å². The Balaban J connectivity index is 1.85. The molecule has 0 saturated heterocycles. The number of benzene rings is 1. The van der Waals surface area contributed by atoms with Crippen LogP contribution in [0.3, 0.4) is 0 Å². The maximum atomic E-state index is 5.41. The highest BCUT2D eigenvalue weighted by atomic mass is 32.2. The summed E-state index contributed by atoms with van der Waals surface area (Å²) in [7, 11) is 0. The number of furan rings is 1. The van der Waals surface area contributed by atoms with E-state index in [2.05, 4.69) is 35.8 Å². The van der Waals surface area contributed by atoms with Crippen LogP contribution in [0.2, 0.25) is 0 Å². The number of nitrogens with one attached hydrogen (secondary N) is 1. The Morgan fingerprint density at radius 2 is 1.94 bits per heavy atom. The second-order valence-electron chi connectivity index (χ2n) is 3.50. The fraction of sp³-hybridized carbons (Fsp3) is 0.231. The van der Waals surface area contributed by atoms with Gasteiger partial charge in [0.25, 0.3) is 0 Å². The van der Waals surface area contributed by atoms with Crippen molar-refractivity contribution in [3.8, 4) is 0 Å². The van der Waals surface area contributed by atoms with Gasteiger partial charge >= 0.3 is 0 Å². The summed E-state index contributed by atoms with van der Waals surface area (Å²) < 4.78 is 5.41. The molecule has 1 heterocycles. The van der Waals surface area contributed by atoms with Gasteiger partial charge in [-0.3, -0.25) is 0 Å². The molecule has 0 radical (unpaired) electrons. The highest BCUT2D eigenvalue weighted by Crippen LogP contribution is 2.20. The summed E-state index contributed by atoms with van der Waals surface area (Å²) in [6.45, 7) is 1.65. The van der Waals surface area contributed by atoms with Crippen LogP contribution in [0.5, 0.6) is 0 Å². The van der Waals surface area contributed by atoms with Crippen LogP contribution in [0.4, 0.5) is 0 Å². The lowest BCUT2D eigenvalue weighted by atomic mass is 10.2. The van der Waals surface area contributed by atoms with E-state index in [4.69, 9.17) is 4.42 Å². The van der Waals surface area contributed by atoms with Crippen LogP contribution >= 0.6 is 11.8 Å². The molecular weight excluding hydrogens is 218 g/mol. The summed E-state index contributed by atoms with van der Waals surface area (Å²) in [4.78, 5) is 1.21. The van der Waals surface area contributed by atoms with Crippen LogP contribution in [-0.2, 0) is 13.1 Å². The maximum Gasteiger partial charge on any atom is 0.131 e. The molecule has 0 aliphatic rings. The molecule has 3 heteroatoms. The monoisotopic (exact) mass is 233 g/mol. The molecule has 0 unspecified atom stereocenters. The fourth-order valence-corrected chi connectivity index (χ4v) is 2.10. The molecule has 0 aliphatic heterocycles. The van der Waals surface area contributed by atoms with Gasteiger partial charge < -0.3 is 9.73 Å².